The first-order chi connectivity index (χ1) is 15.7. The molecule has 0 aliphatic carbocycles. The van der Waals surface area contributed by atoms with Crippen LogP contribution in [0.25, 0.3) is 5.65 Å². The van der Waals surface area contributed by atoms with E-state index in [9.17, 15) is 9.59 Å². The third-order valence-corrected chi connectivity index (χ3v) is 5.93. The lowest BCUT2D eigenvalue weighted by Gasteiger charge is -2.07. The molecule has 0 aliphatic heterocycles. The van der Waals surface area contributed by atoms with E-state index in [2.05, 4.69) is 15.6 Å². The number of nitrogens with one attached hydrogen (secondary N) is 2. The highest BCUT2D eigenvalue weighted by molar-refractivity contribution is 7.98. The zero-order valence-electron chi connectivity index (χ0n) is 17.5. The fourth-order valence-corrected chi connectivity index (χ4v) is 3.98. The highest BCUT2D eigenvalue weighted by Crippen LogP contribution is 2.23. The van der Waals surface area contributed by atoms with Gasteiger partial charge in [-0.05, 0) is 42.0 Å². The number of pyridine rings is 1. The molecule has 2 N–H and O–H groups in total. The molecule has 2 amide bonds. The number of benzene rings is 2. The van der Waals surface area contributed by atoms with Crippen LogP contribution in [0.5, 0.6) is 0 Å². The van der Waals surface area contributed by atoms with Gasteiger partial charge < -0.3 is 15.0 Å². The topological polar surface area (TPSA) is 75.5 Å². The molecular formula is C25H24N4O2S. The Hall–Kier alpha value is -3.58. The Morgan fingerprint density at radius 3 is 2.47 bits per heavy atom. The molecular weight excluding hydrogens is 420 g/mol. The van der Waals surface area contributed by atoms with Gasteiger partial charge in [0.2, 0.25) is 5.91 Å². The number of rotatable bonds is 9. The zero-order chi connectivity index (χ0) is 22.2. The second-order valence-corrected chi connectivity index (χ2v) is 8.33. The van der Waals surface area contributed by atoms with Gasteiger partial charge in [-0.1, -0.05) is 36.4 Å². The van der Waals surface area contributed by atoms with Crippen molar-refractivity contribution in [1.82, 2.24) is 20.0 Å². The summed E-state index contributed by atoms with van der Waals surface area (Å²) in [4.78, 5) is 30.0. The largest absolute Gasteiger partial charge is 0.352 e. The normalized spacial score (nSPS) is 10.8. The molecule has 4 rings (SSSR count). The number of imidazole rings is 1. The van der Waals surface area contributed by atoms with E-state index in [1.54, 1.807) is 23.9 Å². The summed E-state index contributed by atoms with van der Waals surface area (Å²) < 4.78 is 2.01. The summed E-state index contributed by atoms with van der Waals surface area (Å²) in [5.41, 5.74) is 3.56. The van der Waals surface area contributed by atoms with Gasteiger partial charge in [-0.15, -0.1) is 11.8 Å². The molecule has 0 aliphatic rings. The molecule has 32 heavy (non-hydrogen) atoms. The highest BCUT2D eigenvalue weighted by atomic mass is 32.2. The van der Waals surface area contributed by atoms with E-state index < -0.39 is 0 Å². The monoisotopic (exact) mass is 444 g/mol. The van der Waals surface area contributed by atoms with Gasteiger partial charge in [0.25, 0.3) is 5.91 Å². The van der Waals surface area contributed by atoms with Gasteiger partial charge in [0, 0.05) is 48.1 Å². The van der Waals surface area contributed by atoms with Crippen molar-refractivity contribution in [2.24, 2.45) is 0 Å². The van der Waals surface area contributed by atoms with Crippen molar-refractivity contribution in [3.05, 3.63) is 102 Å². The molecule has 0 radical (unpaired) electrons. The molecule has 0 saturated heterocycles. The van der Waals surface area contributed by atoms with Crippen LogP contribution in [-0.4, -0.2) is 27.7 Å². The second-order valence-electron chi connectivity index (χ2n) is 7.28. The summed E-state index contributed by atoms with van der Waals surface area (Å²) in [5, 5.41) is 5.66. The Labute approximate surface area is 191 Å². The average molecular weight is 445 g/mol. The van der Waals surface area contributed by atoms with Crippen molar-refractivity contribution in [2.75, 3.05) is 6.54 Å². The van der Waals surface area contributed by atoms with E-state index >= 15 is 0 Å². The predicted molar refractivity (Wildman–Crippen MR) is 126 cm³/mol. The molecule has 6 nitrogen and oxygen atoms in total. The maximum atomic E-state index is 12.3. The number of carbonyl (C=O) groups is 2. The number of hydrogen-bond donors (Lipinski definition) is 2. The minimum Gasteiger partial charge on any atom is -0.352 e. The minimum absolute atomic E-state index is 0.0900. The average Bonchev–Trinajstić information content (AvgIpc) is 3.25. The molecule has 2 aromatic carbocycles. The molecule has 0 fully saturated rings. The lowest BCUT2D eigenvalue weighted by Crippen LogP contribution is -2.30. The Bertz CT molecular complexity index is 1160. The molecule has 0 bridgehead atoms. The summed E-state index contributed by atoms with van der Waals surface area (Å²) in [6.07, 6.45) is 4.25. The molecule has 2 aromatic heterocycles. The van der Waals surface area contributed by atoms with Crippen molar-refractivity contribution in [2.45, 2.75) is 23.6 Å². The standard InChI is InChI=1S/C25H24N4O2S/c30-24(27-16-19-6-2-1-3-7-19)13-14-26-25(31)20-9-11-22(12-10-20)32-18-21-17-29-15-5-4-8-23(29)28-21/h1-12,15,17H,13-14,16,18H2,(H,26,31)(H,27,30). The Balaban J connectivity index is 1.19. The number of carbonyl (C=O) groups excluding carboxylic acids is 2. The molecule has 2 heterocycles. The van der Waals surface area contributed by atoms with Crippen LogP contribution < -0.4 is 10.6 Å². The van der Waals surface area contributed by atoms with Crippen LogP contribution in [-0.2, 0) is 17.1 Å². The third kappa shape index (κ3) is 5.98. The molecule has 162 valence electrons. The summed E-state index contributed by atoms with van der Waals surface area (Å²) in [6, 6.07) is 23.1. The molecule has 4 aromatic rings. The summed E-state index contributed by atoms with van der Waals surface area (Å²) in [5.74, 6) is 0.483. The smallest absolute Gasteiger partial charge is 0.251 e. The number of nitrogens with zero attached hydrogens (tertiary/aromatic N) is 2. The third-order valence-electron chi connectivity index (χ3n) is 4.89. The molecule has 7 heteroatoms. The van der Waals surface area contributed by atoms with Crippen LogP contribution in [0.3, 0.4) is 0 Å². The van der Waals surface area contributed by atoms with E-state index in [0.717, 1.165) is 27.6 Å². The predicted octanol–water partition coefficient (Wildman–Crippen LogP) is 4.06. The number of hydrogen-bond acceptors (Lipinski definition) is 4. The van der Waals surface area contributed by atoms with E-state index in [4.69, 9.17) is 0 Å². The van der Waals surface area contributed by atoms with Gasteiger partial charge in [-0.2, -0.15) is 0 Å². The Morgan fingerprint density at radius 2 is 1.69 bits per heavy atom. The minimum atomic E-state index is -0.183. The lowest BCUT2D eigenvalue weighted by atomic mass is 10.2. The number of fused-ring (bicyclic) bond motifs is 1. The van der Waals surface area contributed by atoms with Crippen LogP contribution in [0.1, 0.15) is 28.0 Å². The van der Waals surface area contributed by atoms with Gasteiger partial charge in [-0.3, -0.25) is 9.59 Å². The first-order valence-electron chi connectivity index (χ1n) is 10.4. The van der Waals surface area contributed by atoms with Crippen molar-refractivity contribution in [3.63, 3.8) is 0 Å². The fourth-order valence-electron chi connectivity index (χ4n) is 3.19. The molecule has 0 atom stereocenters. The van der Waals surface area contributed by atoms with E-state index in [0.29, 0.717) is 18.7 Å². The first kappa shape index (κ1) is 21.6. The lowest BCUT2D eigenvalue weighted by molar-refractivity contribution is -0.121. The van der Waals surface area contributed by atoms with Crippen molar-refractivity contribution < 1.29 is 9.59 Å². The second kappa shape index (κ2) is 10.6. The van der Waals surface area contributed by atoms with E-state index in [-0.39, 0.29) is 18.2 Å². The van der Waals surface area contributed by atoms with Gasteiger partial charge in [0.15, 0.2) is 0 Å². The van der Waals surface area contributed by atoms with Gasteiger partial charge in [-0.25, -0.2) is 4.98 Å². The van der Waals surface area contributed by atoms with Gasteiger partial charge >= 0.3 is 0 Å². The van der Waals surface area contributed by atoms with Crippen molar-refractivity contribution in [3.8, 4) is 0 Å². The molecule has 0 unspecified atom stereocenters. The highest BCUT2D eigenvalue weighted by Gasteiger charge is 2.08. The van der Waals surface area contributed by atoms with Crippen LogP contribution in [0.2, 0.25) is 0 Å². The quantitative estimate of drug-likeness (QED) is 0.382. The zero-order valence-corrected chi connectivity index (χ0v) is 18.3. The Kier molecular flexibility index (Phi) is 7.19. The van der Waals surface area contributed by atoms with Gasteiger partial charge in [0.1, 0.15) is 5.65 Å². The van der Waals surface area contributed by atoms with Crippen LogP contribution in [0.15, 0.2) is 90.1 Å². The molecule has 0 spiro atoms. The fraction of sp³-hybridized carbons (Fsp3) is 0.160. The maximum absolute atomic E-state index is 12.3. The number of amides is 2. The van der Waals surface area contributed by atoms with Crippen molar-refractivity contribution in [1.29, 1.82) is 0 Å². The Morgan fingerprint density at radius 1 is 0.906 bits per heavy atom. The van der Waals surface area contributed by atoms with Crippen LogP contribution >= 0.6 is 11.8 Å². The number of aromatic nitrogens is 2. The summed E-state index contributed by atoms with van der Waals surface area (Å²) in [7, 11) is 0. The van der Waals surface area contributed by atoms with E-state index in [1.807, 2.05) is 77.5 Å². The first-order valence-corrected chi connectivity index (χ1v) is 11.4. The molecule has 0 saturated carbocycles. The number of thioether (sulfide) groups is 1. The maximum Gasteiger partial charge on any atom is 0.251 e. The van der Waals surface area contributed by atoms with Crippen LogP contribution in [0.4, 0.5) is 0 Å². The summed E-state index contributed by atoms with van der Waals surface area (Å²) in [6.45, 7) is 0.783. The van der Waals surface area contributed by atoms with E-state index in [1.165, 1.54) is 0 Å². The van der Waals surface area contributed by atoms with Crippen molar-refractivity contribution >= 4 is 29.2 Å². The summed E-state index contributed by atoms with van der Waals surface area (Å²) >= 11 is 1.67. The van der Waals surface area contributed by atoms with Gasteiger partial charge in [0.05, 0.1) is 5.69 Å². The van der Waals surface area contributed by atoms with Crippen LogP contribution in [0, 0.1) is 0 Å². The SMILES string of the molecule is O=C(CCNC(=O)c1ccc(SCc2cn3ccccc3n2)cc1)NCc1ccccc1.